The number of hydrogen-bond acceptors (Lipinski definition) is 3. The van der Waals surface area contributed by atoms with Crippen molar-refractivity contribution in [3.63, 3.8) is 0 Å². The Bertz CT molecular complexity index is 345. The molecule has 0 saturated carbocycles. The number of nitrogens with two attached hydrogens (primary N) is 1. The number of nitrogens with zero attached hydrogens (tertiary/aromatic N) is 1. The zero-order valence-corrected chi connectivity index (χ0v) is 12.7. The first-order chi connectivity index (χ1) is 7.96. The predicted molar refractivity (Wildman–Crippen MR) is 78.0 cm³/mol. The van der Waals surface area contributed by atoms with Gasteiger partial charge in [0.15, 0.2) is 0 Å². The van der Waals surface area contributed by atoms with Crippen LogP contribution in [0.2, 0.25) is 4.34 Å². The molecule has 0 bridgehead atoms. The van der Waals surface area contributed by atoms with Gasteiger partial charge in [-0.1, -0.05) is 25.4 Å². The molecule has 0 spiro atoms. The fraction of sp³-hybridized carbons (Fsp3) is 0.692. The van der Waals surface area contributed by atoms with Crippen molar-refractivity contribution in [2.24, 2.45) is 5.73 Å². The lowest BCUT2D eigenvalue weighted by atomic mass is 9.82. The molecule has 17 heavy (non-hydrogen) atoms. The second-order valence-corrected chi connectivity index (χ2v) is 6.52. The normalized spacial score (nSPS) is 14.3. The molecule has 0 radical (unpaired) electrons. The van der Waals surface area contributed by atoms with E-state index >= 15 is 0 Å². The summed E-state index contributed by atoms with van der Waals surface area (Å²) in [5, 5.41) is 0. The lowest BCUT2D eigenvalue weighted by Crippen LogP contribution is -2.57. The molecule has 1 unspecified atom stereocenters. The summed E-state index contributed by atoms with van der Waals surface area (Å²) in [4.78, 5) is 3.54. The van der Waals surface area contributed by atoms with Crippen LogP contribution in [0.4, 0.5) is 0 Å². The van der Waals surface area contributed by atoms with E-state index < -0.39 is 0 Å². The number of halogens is 1. The van der Waals surface area contributed by atoms with Gasteiger partial charge in [-0.15, -0.1) is 11.3 Å². The SMILES string of the molecule is CCC(CC)(C(N)Cc1ccc(Cl)s1)N(C)C. The fourth-order valence-electron chi connectivity index (χ4n) is 2.61. The van der Waals surface area contributed by atoms with E-state index in [9.17, 15) is 0 Å². The maximum atomic E-state index is 6.44. The van der Waals surface area contributed by atoms with Crippen molar-refractivity contribution in [3.8, 4) is 0 Å². The van der Waals surface area contributed by atoms with Crippen molar-refractivity contribution >= 4 is 22.9 Å². The molecule has 0 aliphatic carbocycles. The first-order valence-corrected chi connectivity index (χ1v) is 7.33. The van der Waals surface area contributed by atoms with E-state index in [0.717, 1.165) is 23.6 Å². The first-order valence-electron chi connectivity index (χ1n) is 6.13. The Hall–Kier alpha value is -0.0900. The molecule has 4 heteroatoms. The average molecular weight is 275 g/mol. The summed E-state index contributed by atoms with van der Waals surface area (Å²) >= 11 is 7.59. The third-order valence-corrected chi connectivity index (χ3v) is 5.11. The van der Waals surface area contributed by atoms with E-state index in [4.69, 9.17) is 17.3 Å². The second kappa shape index (κ2) is 6.19. The van der Waals surface area contributed by atoms with Crippen LogP contribution in [0.1, 0.15) is 31.6 Å². The Morgan fingerprint density at radius 1 is 1.35 bits per heavy atom. The minimum Gasteiger partial charge on any atom is -0.326 e. The monoisotopic (exact) mass is 274 g/mol. The summed E-state index contributed by atoms with van der Waals surface area (Å²) in [5.41, 5.74) is 6.52. The third kappa shape index (κ3) is 3.22. The Kier molecular flexibility index (Phi) is 5.45. The molecule has 2 N–H and O–H groups in total. The highest BCUT2D eigenvalue weighted by Gasteiger charge is 2.35. The lowest BCUT2D eigenvalue weighted by molar-refractivity contribution is 0.106. The van der Waals surface area contributed by atoms with Gasteiger partial charge in [0, 0.05) is 16.5 Å². The molecule has 98 valence electrons. The first kappa shape index (κ1) is 15.0. The van der Waals surface area contributed by atoms with Crippen LogP contribution >= 0.6 is 22.9 Å². The summed E-state index contributed by atoms with van der Waals surface area (Å²) in [6.07, 6.45) is 3.03. The van der Waals surface area contributed by atoms with Gasteiger partial charge in [0.1, 0.15) is 0 Å². The number of rotatable bonds is 6. The highest BCUT2D eigenvalue weighted by molar-refractivity contribution is 7.16. The fourth-order valence-corrected chi connectivity index (χ4v) is 3.75. The van der Waals surface area contributed by atoms with Crippen LogP contribution in [-0.4, -0.2) is 30.6 Å². The van der Waals surface area contributed by atoms with Gasteiger partial charge in [-0.05, 0) is 45.5 Å². The van der Waals surface area contributed by atoms with Crippen LogP contribution in [-0.2, 0) is 6.42 Å². The quantitative estimate of drug-likeness (QED) is 0.862. The zero-order valence-electron chi connectivity index (χ0n) is 11.2. The van der Waals surface area contributed by atoms with Gasteiger partial charge in [0.25, 0.3) is 0 Å². The van der Waals surface area contributed by atoms with Crippen LogP contribution in [0, 0.1) is 0 Å². The molecule has 0 aliphatic heterocycles. The van der Waals surface area contributed by atoms with Crippen LogP contribution in [0.15, 0.2) is 12.1 Å². The van der Waals surface area contributed by atoms with E-state index in [2.05, 4.69) is 38.9 Å². The molecular weight excluding hydrogens is 252 g/mol. The molecule has 1 aromatic heterocycles. The standard InChI is InChI=1S/C13H23ClN2S/c1-5-13(6-2,16(3)4)11(15)9-10-7-8-12(14)17-10/h7-8,11H,5-6,9,15H2,1-4H3. The van der Waals surface area contributed by atoms with Crippen LogP contribution < -0.4 is 5.73 Å². The third-order valence-electron chi connectivity index (χ3n) is 3.86. The minimum atomic E-state index is 0.0798. The zero-order chi connectivity index (χ0) is 13.1. The minimum absolute atomic E-state index is 0.0798. The van der Waals surface area contributed by atoms with Gasteiger partial charge in [-0.3, -0.25) is 0 Å². The molecule has 1 heterocycles. The van der Waals surface area contributed by atoms with E-state index in [1.54, 1.807) is 11.3 Å². The Labute approximate surface area is 114 Å². The van der Waals surface area contributed by atoms with E-state index in [1.165, 1.54) is 4.88 Å². The second-order valence-electron chi connectivity index (χ2n) is 4.72. The summed E-state index contributed by atoms with van der Waals surface area (Å²) in [6.45, 7) is 4.43. The summed E-state index contributed by atoms with van der Waals surface area (Å²) < 4.78 is 0.843. The van der Waals surface area contributed by atoms with Gasteiger partial charge in [0.2, 0.25) is 0 Å². The number of likely N-dealkylation sites (N-methyl/N-ethyl adjacent to an activating group) is 1. The van der Waals surface area contributed by atoms with E-state index in [1.807, 2.05) is 6.07 Å². The summed E-state index contributed by atoms with van der Waals surface area (Å²) in [6, 6.07) is 4.17. The smallest absolute Gasteiger partial charge is 0.0931 e. The molecule has 1 rings (SSSR count). The molecule has 0 aliphatic rings. The van der Waals surface area contributed by atoms with Crippen molar-refractivity contribution in [1.29, 1.82) is 0 Å². The molecule has 1 aromatic rings. The summed E-state index contributed by atoms with van der Waals surface area (Å²) in [5.74, 6) is 0. The Morgan fingerprint density at radius 3 is 2.29 bits per heavy atom. The average Bonchev–Trinajstić information content (AvgIpc) is 2.66. The van der Waals surface area contributed by atoms with Gasteiger partial charge in [-0.25, -0.2) is 0 Å². The topological polar surface area (TPSA) is 29.3 Å². The maximum absolute atomic E-state index is 6.44. The van der Waals surface area contributed by atoms with E-state index in [0.29, 0.717) is 0 Å². The van der Waals surface area contributed by atoms with E-state index in [-0.39, 0.29) is 11.6 Å². The molecule has 0 amide bonds. The Balaban J connectivity index is 2.82. The lowest BCUT2D eigenvalue weighted by Gasteiger charge is -2.43. The molecule has 2 nitrogen and oxygen atoms in total. The largest absolute Gasteiger partial charge is 0.326 e. The van der Waals surface area contributed by atoms with Crippen LogP contribution in [0.25, 0.3) is 0 Å². The van der Waals surface area contributed by atoms with Crippen LogP contribution in [0.5, 0.6) is 0 Å². The van der Waals surface area contributed by atoms with Crippen molar-refractivity contribution < 1.29 is 0 Å². The summed E-state index contributed by atoms with van der Waals surface area (Å²) in [7, 11) is 4.24. The van der Waals surface area contributed by atoms with Crippen molar-refractivity contribution in [2.45, 2.75) is 44.7 Å². The van der Waals surface area contributed by atoms with Crippen LogP contribution in [0.3, 0.4) is 0 Å². The highest BCUT2D eigenvalue weighted by atomic mass is 35.5. The molecule has 0 aromatic carbocycles. The maximum Gasteiger partial charge on any atom is 0.0931 e. The molecular formula is C13H23ClN2S. The molecule has 0 fully saturated rings. The number of hydrogen-bond donors (Lipinski definition) is 1. The van der Waals surface area contributed by atoms with Crippen molar-refractivity contribution in [1.82, 2.24) is 4.90 Å². The number of thiophene rings is 1. The van der Waals surface area contributed by atoms with Crippen molar-refractivity contribution in [3.05, 3.63) is 21.3 Å². The van der Waals surface area contributed by atoms with Gasteiger partial charge < -0.3 is 10.6 Å². The molecule has 0 saturated heterocycles. The van der Waals surface area contributed by atoms with Gasteiger partial charge in [-0.2, -0.15) is 0 Å². The Morgan fingerprint density at radius 2 is 1.94 bits per heavy atom. The van der Waals surface area contributed by atoms with Crippen molar-refractivity contribution in [2.75, 3.05) is 14.1 Å². The van der Waals surface area contributed by atoms with Gasteiger partial charge >= 0.3 is 0 Å². The predicted octanol–water partition coefficient (Wildman–Crippen LogP) is 3.39. The highest BCUT2D eigenvalue weighted by Crippen LogP contribution is 2.29. The van der Waals surface area contributed by atoms with Gasteiger partial charge in [0.05, 0.1) is 4.34 Å². The molecule has 1 atom stereocenters.